The van der Waals surface area contributed by atoms with Gasteiger partial charge in [0, 0.05) is 0 Å². The molecule has 0 aliphatic rings. The predicted octanol–water partition coefficient (Wildman–Crippen LogP) is 2.65. The molecule has 0 aliphatic heterocycles. The van der Waals surface area contributed by atoms with Crippen molar-refractivity contribution in [1.29, 1.82) is 0 Å². The second-order valence-electron chi connectivity index (χ2n) is 2.46. The standard InChI is InChI=1S/C8H11O3P.C2H6/c1-7-2-4-8(5-3-7)11-6-12(9)10;1-2/h2-5,9-10H,6H2,1H3;1-2H3. The minimum absolute atomic E-state index is 0.0294. The second kappa shape index (κ2) is 7.74. The molecule has 0 fully saturated rings. The molecule has 4 heteroatoms. The molecule has 3 nitrogen and oxygen atoms in total. The number of rotatable bonds is 3. The van der Waals surface area contributed by atoms with Gasteiger partial charge in [0.15, 0.2) is 6.35 Å². The quantitative estimate of drug-likeness (QED) is 0.763. The highest BCUT2D eigenvalue weighted by atomic mass is 31.2. The summed E-state index contributed by atoms with van der Waals surface area (Å²) in [5.41, 5.74) is 1.15. The van der Waals surface area contributed by atoms with Gasteiger partial charge in [-0.3, -0.25) is 0 Å². The van der Waals surface area contributed by atoms with Crippen LogP contribution in [0.1, 0.15) is 19.4 Å². The topological polar surface area (TPSA) is 49.7 Å². The molecule has 1 rings (SSSR count). The zero-order valence-electron chi connectivity index (χ0n) is 8.77. The van der Waals surface area contributed by atoms with Crippen molar-refractivity contribution in [3.05, 3.63) is 29.8 Å². The highest BCUT2D eigenvalue weighted by Crippen LogP contribution is 2.24. The molecular formula is C10H17O3P. The molecular weight excluding hydrogens is 199 g/mol. The summed E-state index contributed by atoms with van der Waals surface area (Å²) in [6.45, 7) is 5.98. The Morgan fingerprint density at radius 3 is 2.07 bits per heavy atom. The number of ether oxygens (including phenoxy) is 1. The van der Waals surface area contributed by atoms with Gasteiger partial charge in [0.25, 0.3) is 0 Å². The lowest BCUT2D eigenvalue weighted by atomic mass is 10.2. The molecule has 0 amide bonds. The predicted molar refractivity (Wildman–Crippen MR) is 59.4 cm³/mol. The van der Waals surface area contributed by atoms with Crippen LogP contribution in [-0.2, 0) is 0 Å². The first-order chi connectivity index (χ1) is 6.68. The van der Waals surface area contributed by atoms with E-state index in [2.05, 4.69) is 0 Å². The van der Waals surface area contributed by atoms with Crippen molar-refractivity contribution in [2.75, 3.05) is 6.35 Å². The molecule has 0 atom stereocenters. The van der Waals surface area contributed by atoms with Crippen LogP contribution in [0.15, 0.2) is 24.3 Å². The van der Waals surface area contributed by atoms with E-state index in [9.17, 15) is 0 Å². The summed E-state index contributed by atoms with van der Waals surface area (Å²) in [5.74, 6) is 0.663. The highest BCUT2D eigenvalue weighted by molar-refractivity contribution is 7.44. The number of hydrogen-bond donors (Lipinski definition) is 2. The molecule has 0 spiro atoms. The fourth-order valence-corrected chi connectivity index (χ4v) is 1.03. The normalized spacial score (nSPS) is 9.29. The zero-order valence-corrected chi connectivity index (χ0v) is 9.66. The smallest absolute Gasteiger partial charge is 0.205 e. The zero-order chi connectivity index (χ0) is 11.0. The van der Waals surface area contributed by atoms with E-state index >= 15 is 0 Å². The van der Waals surface area contributed by atoms with E-state index in [1.54, 1.807) is 12.1 Å². The lowest BCUT2D eigenvalue weighted by Gasteiger charge is -2.06. The first-order valence-corrected chi connectivity index (χ1v) is 5.96. The minimum atomic E-state index is -1.95. The maximum atomic E-state index is 8.56. The third-order valence-electron chi connectivity index (χ3n) is 1.37. The van der Waals surface area contributed by atoms with Gasteiger partial charge in [0.1, 0.15) is 5.75 Å². The van der Waals surface area contributed by atoms with Crippen LogP contribution in [0.25, 0.3) is 0 Å². The van der Waals surface area contributed by atoms with Gasteiger partial charge in [0.05, 0.1) is 0 Å². The highest BCUT2D eigenvalue weighted by Gasteiger charge is 1.98. The average molecular weight is 216 g/mol. The average Bonchev–Trinajstić information content (AvgIpc) is 2.20. The van der Waals surface area contributed by atoms with Crippen molar-refractivity contribution < 1.29 is 14.5 Å². The first-order valence-electron chi connectivity index (χ1n) is 4.53. The third kappa shape index (κ3) is 5.92. The van der Waals surface area contributed by atoms with Gasteiger partial charge in [-0.05, 0) is 19.1 Å². The van der Waals surface area contributed by atoms with E-state index in [-0.39, 0.29) is 6.35 Å². The van der Waals surface area contributed by atoms with Crippen molar-refractivity contribution in [2.24, 2.45) is 0 Å². The Balaban J connectivity index is 0.000000791. The first kappa shape index (κ1) is 13.4. The van der Waals surface area contributed by atoms with Crippen molar-refractivity contribution in [3.63, 3.8) is 0 Å². The van der Waals surface area contributed by atoms with E-state index < -0.39 is 8.38 Å². The summed E-state index contributed by atoms with van der Waals surface area (Å²) >= 11 is 0. The maximum absolute atomic E-state index is 8.56. The number of benzene rings is 1. The van der Waals surface area contributed by atoms with Crippen molar-refractivity contribution in [3.8, 4) is 5.75 Å². The van der Waals surface area contributed by atoms with Gasteiger partial charge >= 0.3 is 0 Å². The Bertz CT molecular complexity index is 234. The van der Waals surface area contributed by atoms with Crippen LogP contribution in [0.4, 0.5) is 0 Å². The van der Waals surface area contributed by atoms with E-state index in [1.165, 1.54) is 0 Å². The minimum Gasteiger partial charge on any atom is -0.484 e. The molecule has 0 aliphatic carbocycles. The van der Waals surface area contributed by atoms with Crippen LogP contribution in [0.3, 0.4) is 0 Å². The molecule has 0 unspecified atom stereocenters. The SMILES string of the molecule is CC.Cc1ccc(OCP(O)O)cc1. The fraction of sp³-hybridized carbons (Fsp3) is 0.400. The van der Waals surface area contributed by atoms with E-state index in [1.807, 2.05) is 32.9 Å². The number of aryl methyl sites for hydroxylation is 1. The molecule has 14 heavy (non-hydrogen) atoms. The molecule has 0 radical (unpaired) electrons. The van der Waals surface area contributed by atoms with Gasteiger partial charge < -0.3 is 14.5 Å². The van der Waals surface area contributed by atoms with E-state index in [4.69, 9.17) is 14.5 Å². The van der Waals surface area contributed by atoms with Crippen molar-refractivity contribution in [2.45, 2.75) is 20.8 Å². The monoisotopic (exact) mass is 216 g/mol. The van der Waals surface area contributed by atoms with E-state index in [0.29, 0.717) is 5.75 Å². The van der Waals surface area contributed by atoms with Crippen molar-refractivity contribution in [1.82, 2.24) is 0 Å². The maximum Gasteiger partial charge on any atom is 0.205 e. The summed E-state index contributed by atoms with van der Waals surface area (Å²) < 4.78 is 5.05. The molecule has 0 saturated heterocycles. The van der Waals surface area contributed by atoms with Gasteiger partial charge in [-0.2, -0.15) is 0 Å². The van der Waals surface area contributed by atoms with Crippen LogP contribution in [0.2, 0.25) is 0 Å². The Hall–Kier alpha value is -0.630. The Labute approximate surface area is 86.3 Å². The summed E-state index contributed by atoms with van der Waals surface area (Å²) in [6, 6.07) is 7.42. The Morgan fingerprint density at radius 2 is 1.64 bits per heavy atom. The molecule has 0 saturated carbocycles. The van der Waals surface area contributed by atoms with Crippen molar-refractivity contribution >= 4 is 8.38 Å². The summed E-state index contributed by atoms with van der Waals surface area (Å²) in [6.07, 6.45) is -0.0294. The molecule has 0 heterocycles. The summed E-state index contributed by atoms with van der Waals surface area (Å²) in [4.78, 5) is 17.1. The lowest BCUT2D eigenvalue weighted by molar-refractivity contribution is 0.347. The van der Waals surface area contributed by atoms with Crippen LogP contribution >= 0.6 is 8.38 Å². The number of hydrogen-bond acceptors (Lipinski definition) is 3. The van der Waals surface area contributed by atoms with Gasteiger partial charge in [0.2, 0.25) is 8.38 Å². The Kier molecular flexibility index (Phi) is 7.40. The molecule has 80 valence electrons. The molecule has 2 N–H and O–H groups in total. The van der Waals surface area contributed by atoms with Crippen LogP contribution in [0.5, 0.6) is 5.75 Å². The van der Waals surface area contributed by atoms with Crippen LogP contribution in [0, 0.1) is 6.92 Å². The van der Waals surface area contributed by atoms with Crippen LogP contribution in [-0.4, -0.2) is 16.1 Å². The summed E-state index contributed by atoms with van der Waals surface area (Å²) in [5, 5.41) is 0. The largest absolute Gasteiger partial charge is 0.484 e. The lowest BCUT2D eigenvalue weighted by Crippen LogP contribution is -1.94. The van der Waals surface area contributed by atoms with Gasteiger partial charge in [-0.25, -0.2) is 0 Å². The van der Waals surface area contributed by atoms with Crippen LogP contribution < -0.4 is 4.74 Å². The molecule has 1 aromatic carbocycles. The fourth-order valence-electron chi connectivity index (χ4n) is 0.767. The Morgan fingerprint density at radius 1 is 1.14 bits per heavy atom. The third-order valence-corrected chi connectivity index (χ3v) is 1.73. The summed E-state index contributed by atoms with van der Waals surface area (Å²) in [7, 11) is -1.95. The van der Waals surface area contributed by atoms with E-state index in [0.717, 1.165) is 5.56 Å². The van der Waals surface area contributed by atoms with Gasteiger partial charge in [-0.15, -0.1) is 0 Å². The molecule has 0 aromatic heterocycles. The second-order valence-corrected chi connectivity index (χ2v) is 3.46. The molecule has 1 aromatic rings. The van der Waals surface area contributed by atoms with Gasteiger partial charge in [-0.1, -0.05) is 31.5 Å². The molecule has 0 bridgehead atoms.